The third-order valence-electron chi connectivity index (χ3n) is 6.29. The van der Waals surface area contributed by atoms with Crippen LogP contribution in [0.3, 0.4) is 0 Å². The first-order valence-electron chi connectivity index (χ1n) is 15.7. The molecular formula is C27H49N13O14. The summed E-state index contributed by atoms with van der Waals surface area (Å²) >= 11 is 0. The largest absolute Gasteiger partial charge is 0.481 e. The van der Waals surface area contributed by atoms with Crippen molar-refractivity contribution in [3.8, 4) is 0 Å². The van der Waals surface area contributed by atoms with E-state index in [1.165, 1.54) is 0 Å². The molecular weight excluding hydrogens is 730 g/mol. The van der Waals surface area contributed by atoms with Gasteiger partial charge in [-0.1, -0.05) is 0 Å². The quantitative estimate of drug-likeness (QED) is 0.0232. The van der Waals surface area contributed by atoms with E-state index in [9.17, 15) is 43.2 Å². The van der Waals surface area contributed by atoms with Gasteiger partial charge in [0.1, 0.15) is 18.1 Å². The van der Waals surface area contributed by atoms with Gasteiger partial charge in [0.2, 0.25) is 29.5 Å². The van der Waals surface area contributed by atoms with Gasteiger partial charge in [-0.25, -0.2) is 9.59 Å². The molecule has 306 valence electrons. The number of hydrogen-bond donors (Lipinski definition) is 16. The first-order chi connectivity index (χ1) is 25.1. The molecule has 0 aromatic carbocycles. The summed E-state index contributed by atoms with van der Waals surface area (Å²) in [7, 11) is 0. The number of nitrogens with zero attached hydrogens (tertiary/aromatic N) is 2. The lowest BCUT2D eigenvalue weighted by Gasteiger charge is -2.19. The second kappa shape index (κ2) is 27.3. The molecule has 0 saturated heterocycles. The van der Waals surface area contributed by atoms with Crippen molar-refractivity contribution in [1.82, 2.24) is 26.6 Å². The lowest BCUT2D eigenvalue weighted by molar-refractivity contribution is -0.147. The summed E-state index contributed by atoms with van der Waals surface area (Å²) < 4.78 is 0. The number of rotatable bonds is 25. The summed E-state index contributed by atoms with van der Waals surface area (Å²) in [5, 5.41) is 54.3. The maximum Gasteiger partial charge on any atom is 0.328 e. The number of aliphatic imine (C=N–C) groups is 2. The number of carbonyl (C=O) groups excluding carboxylic acids is 5. The van der Waals surface area contributed by atoms with E-state index < -0.39 is 116 Å². The van der Waals surface area contributed by atoms with Gasteiger partial charge in [0, 0.05) is 13.1 Å². The Morgan fingerprint density at radius 3 is 1.24 bits per heavy atom. The molecule has 27 nitrogen and oxygen atoms in total. The Bertz CT molecular complexity index is 1370. The maximum atomic E-state index is 12.0. The summed E-state index contributed by atoms with van der Waals surface area (Å²) in [5.74, 6) is -10.2. The van der Waals surface area contributed by atoms with Crippen molar-refractivity contribution in [3.05, 3.63) is 0 Å². The summed E-state index contributed by atoms with van der Waals surface area (Å²) in [6.45, 7) is -1.50. The predicted octanol–water partition coefficient (Wildman–Crippen LogP) is -8.47. The number of carboxylic acids is 4. The molecule has 22 N–H and O–H groups in total. The van der Waals surface area contributed by atoms with Gasteiger partial charge in [0.05, 0.1) is 44.6 Å². The minimum Gasteiger partial charge on any atom is -0.481 e. The van der Waals surface area contributed by atoms with Gasteiger partial charge in [-0.15, -0.1) is 0 Å². The fourth-order valence-corrected chi connectivity index (χ4v) is 3.60. The van der Waals surface area contributed by atoms with Crippen molar-refractivity contribution in [2.24, 2.45) is 44.4 Å². The fourth-order valence-electron chi connectivity index (χ4n) is 3.60. The van der Waals surface area contributed by atoms with E-state index in [2.05, 4.69) is 25.9 Å². The van der Waals surface area contributed by atoms with Crippen molar-refractivity contribution >= 4 is 65.3 Å². The van der Waals surface area contributed by atoms with Crippen molar-refractivity contribution in [1.29, 1.82) is 0 Å². The minimum absolute atomic E-state index is 0.0703. The zero-order chi connectivity index (χ0) is 42.0. The van der Waals surface area contributed by atoms with Crippen molar-refractivity contribution < 1.29 is 68.7 Å². The topological polar surface area (TPSA) is 496 Å². The average Bonchev–Trinajstić information content (AvgIpc) is 3.07. The SMILES string of the molecule is NC(N)=NCCC[C@H](N)C(=O)NCC(=O)N[C@@H](CC(=O)O)C(=O)N[C@@H](CO)C(=O)O.NC(N)=NCCC[C@H](N)C(=O)NCC(=O)N[C@@H](CC(=O)O)C(=O)O. The van der Waals surface area contributed by atoms with Gasteiger partial charge in [-0.05, 0) is 25.7 Å². The number of nitrogens with one attached hydrogen (secondary N) is 5. The number of hydrogen-bond acceptors (Lipinski definition) is 14. The third-order valence-corrected chi connectivity index (χ3v) is 6.29. The Labute approximate surface area is 306 Å². The Morgan fingerprint density at radius 2 is 0.907 bits per heavy atom. The molecule has 0 aliphatic rings. The normalized spacial score (nSPS) is 12.9. The molecule has 0 rings (SSSR count). The van der Waals surface area contributed by atoms with Gasteiger partial charge in [0.25, 0.3) is 0 Å². The van der Waals surface area contributed by atoms with Crippen LogP contribution in [0.25, 0.3) is 0 Å². The first-order valence-corrected chi connectivity index (χ1v) is 15.7. The molecule has 54 heavy (non-hydrogen) atoms. The molecule has 0 aromatic heterocycles. The van der Waals surface area contributed by atoms with Crippen LogP contribution in [0.5, 0.6) is 0 Å². The number of aliphatic hydroxyl groups excluding tert-OH is 1. The number of carboxylic acid groups (broad SMARTS) is 4. The average molecular weight is 780 g/mol. The Kier molecular flexibility index (Phi) is 25.2. The number of aliphatic hydroxyl groups is 1. The molecule has 0 fully saturated rings. The predicted molar refractivity (Wildman–Crippen MR) is 184 cm³/mol. The smallest absolute Gasteiger partial charge is 0.328 e. The Balaban J connectivity index is 0. The minimum atomic E-state index is -1.68. The zero-order valence-corrected chi connectivity index (χ0v) is 28.9. The van der Waals surface area contributed by atoms with Crippen LogP contribution in [-0.2, 0) is 43.2 Å². The second-order valence-corrected chi connectivity index (χ2v) is 10.9. The van der Waals surface area contributed by atoms with E-state index in [0.29, 0.717) is 19.4 Å². The van der Waals surface area contributed by atoms with Crippen LogP contribution in [0.2, 0.25) is 0 Å². The highest BCUT2D eigenvalue weighted by Gasteiger charge is 2.28. The fraction of sp³-hybridized carbons (Fsp3) is 0.593. The summed E-state index contributed by atoms with van der Waals surface area (Å²) in [6.07, 6.45) is -0.256. The van der Waals surface area contributed by atoms with E-state index in [-0.39, 0.29) is 31.3 Å². The molecule has 0 bridgehead atoms. The molecule has 5 atom stereocenters. The van der Waals surface area contributed by atoms with Gasteiger partial charge in [0.15, 0.2) is 11.9 Å². The van der Waals surface area contributed by atoms with Crippen LogP contribution in [0.1, 0.15) is 38.5 Å². The molecule has 0 aliphatic carbocycles. The highest BCUT2D eigenvalue weighted by molar-refractivity contribution is 5.94. The van der Waals surface area contributed by atoms with Crippen molar-refractivity contribution in [2.75, 3.05) is 32.8 Å². The number of carbonyl (C=O) groups is 9. The van der Waals surface area contributed by atoms with Crippen molar-refractivity contribution in [3.63, 3.8) is 0 Å². The van der Waals surface area contributed by atoms with E-state index >= 15 is 0 Å². The molecule has 0 aliphatic heterocycles. The molecule has 0 unspecified atom stereocenters. The number of guanidine groups is 2. The molecule has 0 spiro atoms. The van der Waals surface area contributed by atoms with Gasteiger partial charge >= 0.3 is 23.9 Å². The number of aliphatic carboxylic acids is 4. The molecule has 0 radical (unpaired) electrons. The number of amides is 5. The first kappa shape index (κ1) is 49.8. The van der Waals surface area contributed by atoms with E-state index in [1.807, 2.05) is 10.6 Å². The van der Waals surface area contributed by atoms with Gasteiger partial charge < -0.3 is 86.5 Å². The van der Waals surface area contributed by atoms with Crippen LogP contribution in [0, 0.1) is 0 Å². The van der Waals surface area contributed by atoms with Gasteiger partial charge in [-0.2, -0.15) is 0 Å². The maximum absolute atomic E-state index is 12.0. The summed E-state index contributed by atoms with van der Waals surface area (Å²) in [5.41, 5.74) is 31.9. The molecule has 0 aromatic rings. The third kappa shape index (κ3) is 25.6. The number of nitrogens with two attached hydrogens (primary N) is 6. The lowest BCUT2D eigenvalue weighted by Crippen LogP contribution is -2.55. The Hall–Kier alpha value is -6.35. The van der Waals surface area contributed by atoms with E-state index in [4.69, 9.17) is 59.9 Å². The van der Waals surface area contributed by atoms with E-state index in [0.717, 1.165) is 0 Å². The second-order valence-electron chi connectivity index (χ2n) is 10.9. The zero-order valence-electron chi connectivity index (χ0n) is 28.9. The summed E-state index contributed by atoms with van der Waals surface area (Å²) in [6, 6.07) is -6.73. The summed E-state index contributed by atoms with van der Waals surface area (Å²) in [4.78, 5) is 110. The molecule has 0 heterocycles. The lowest BCUT2D eigenvalue weighted by atomic mass is 10.1. The van der Waals surface area contributed by atoms with Crippen molar-refractivity contribution in [2.45, 2.75) is 68.7 Å². The highest BCUT2D eigenvalue weighted by Crippen LogP contribution is 1.98. The van der Waals surface area contributed by atoms with Crippen LogP contribution in [0.4, 0.5) is 0 Å². The monoisotopic (exact) mass is 779 g/mol. The van der Waals surface area contributed by atoms with Crippen LogP contribution < -0.4 is 61.0 Å². The highest BCUT2D eigenvalue weighted by atomic mass is 16.4. The van der Waals surface area contributed by atoms with Crippen LogP contribution in [-0.4, -0.2) is 154 Å². The standard InChI is InChI=1S/C15H27N7O8.C12H22N6O6/c16-7(2-1-3-19-15(17)18)12(27)20-5-10(24)21-8(4-11(25)26)13(28)22-9(6-23)14(29)30;13-6(2-1-3-16-12(14)15)10(22)17-5-8(19)18-7(11(23)24)4-9(20)21/h7-9,23H,1-6,16H2,(H,20,27)(H,21,24)(H,22,28)(H,25,26)(H,29,30)(H4,17,18,19);6-7H,1-5,13H2,(H,17,22)(H,18,19)(H,20,21)(H,23,24)(H4,14,15,16)/t7-,8-,9-;6-,7-/m00/s1. The van der Waals surface area contributed by atoms with Crippen LogP contribution in [0.15, 0.2) is 9.98 Å². The molecule has 0 saturated carbocycles. The molecule has 5 amide bonds. The van der Waals surface area contributed by atoms with Gasteiger partial charge in [-0.3, -0.25) is 43.5 Å². The van der Waals surface area contributed by atoms with E-state index in [1.54, 1.807) is 0 Å². The Morgan fingerprint density at radius 1 is 0.537 bits per heavy atom. The van der Waals surface area contributed by atoms with Crippen LogP contribution >= 0.6 is 0 Å². The molecule has 27 heteroatoms.